The Balaban J connectivity index is 1.42. The Hall–Kier alpha value is -1.69. The van der Waals surface area contributed by atoms with Gasteiger partial charge in [0.25, 0.3) is 0 Å². The fourth-order valence-electron chi connectivity index (χ4n) is 3.90. The zero-order valence-electron chi connectivity index (χ0n) is 13.2. The van der Waals surface area contributed by atoms with Crippen molar-refractivity contribution in [2.75, 3.05) is 31.1 Å². The largest absolute Gasteiger partial charge is 0.352 e. The molecule has 0 unspecified atom stereocenters. The van der Waals surface area contributed by atoms with Crippen molar-refractivity contribution in [2.24, 2.45) is 5.92 Å². The van der Waals surface area contributed by atoms with Gasteiger partial charge in [0.15, 0.2) is 11.5 Å². The molecular weight excluding hydrogens is 276 g/mol. The Morgan fingerprint density at radius 1 is 1.00 bits per heavy atom. The number of rotatable bonds is 2. The molecule has 6 heteroatoms. The van der Waals surface area contributed by atoms with Crippen LogP contribution in [0.25, 0.3) is 11.2 Å². The van der Waals surface area contributed by atoms with E-state index in [0.29, 0.717) is 0 Å². The van der Waals surface area contributed by atoms with Crippen LogP contribution in [0.2, 0.25) is 0 Å². The number of aromatic nitrogens is 4. The summed E-state index contributed by atoms with van der Waals surface area (Å²) in [6.07, 6.45) is 8.85. The van der Waals surface area contributed by atoms with Gasteiger partial charge in [0.2, 0.25) is 0 Å². The number of H-pyrrole nitrogens is 1. The van der Waals surface area contributed by atoms with Crippen LogP contribution in [0.3, 0.4) is 0 Å². The number of hydrogen-bond donors (Lipinski definition) is 1. The van der Waals surface area contributed by atoms with Crippen molar-refractivity contribution >= 4 is 17.0 Å². The Morgan fingerprint density at radius 2 is 1.77 bits per heavy atom. The summed E-state index contributed by atoms with van der Waals surface area (Å²) in [5.41, 5.74) is 1.72. The van der Waals surface area contributed by atoms with Gasteiger partial charge in [-0.15, -0.1) is 0 Å². The molecule has 2 aromatic rings. The Kier molecular flexibility index (Phi) is 3.70. The molecule has 0 radical (unpaired) electrons. The third-order valence-corrected chi connectivity index (χ3v) is 5.32. The van der Waals surface area contributed by atoms with E-state index >= 15 is 0 Å². The molecule has 6 nitrogen and oxygen atoms in total. The van der Waals surface area contributed by atoms with Gasteiger partial charge in [0, 0.05) is 32.2 Å². The second kappa shape index (κ2) is 5.83. The number of nitrogens with one attached hydrogen (secondary N) is 1. The molecule has 1 N–H and O–H groups in total. The number of aromatic amines is 1. The van der Waals surface area contributed by atoms with Crippen LogP contribution in [0.5, 0.6) is 0 Å². The van der Waals surface area contributed by atoms with E-state index in [-0.39, 0.29) is 0 Å². The average molecular weight is 300 g/mol. The average Bonchev–Trinajstić information content (AvgIpc) is 3.04. The van der Waals surface area contributed by atoms with E-state index < -0.39 is 0 Å². The number of nitrogens with zero attached hydrogens (tertiary/aromatic N) is 5. The lowest BCUT2D eigenvalue weighted by Gasteiger charge is -2.42. The molecule has 0 aromatic carbocycles. The fraction of sp³-hybridized carbons (Fsp3) is 0.688. The molecule has 2 fully saturated rings. The van der Waals surface area contributed by atoms with Gasteiger partial charge in [0.1, 0.15) is 11.8 Å². The van der Waals surface area contributed by atoms with Crippen LogP contribution < -0.4 is 4.90 Å². The minimum absolute atomic E-state index is 0.758. The monoisotopic (exact) mass is 300 g/mol. The normalized spacial score (nSPS) is 27.4. The third-order valence-electron chi connectivity index (χ3n) is 5.32. The van der Waals surface area contributed by atoms with E-state index in [1.54, 1.807) is 12.7 Å². The summed E-state index contributed by atoms with van der Waals surface area (Å²) >= 11 is 0. The first-order valence-electron chi connectivity index (χ1n) is 8.44. The molecule has 0 atom stereocenters. The highest BCUT2D eigenvalue weighted by molar-refractivity contribution is 5.82. The van der Waals surface area contributed by atoms with Crippen molar-refractivity contribution in [3.63, 3.8) is 0 Å². The van der Waals surface area contributed by atoms with Gasteiger partial charge >= 0.3 is 0 Å². The summed E-state index contributed by atoms with van der Waals surface area (Å²) in [5, 5.41) is 0. The molecular formula is C16H24N6. The van der Waals surface area contributed by atoms with Crippen molar-refractivity contribution in [1.82, 2.24) is 24.8 Å². The number of imidazole rings is 1. The van der Waals surface area contributed by atoms with Crippen molar-refractivity contribution in [1.29, 1.82) is 0 Å². The summed E-state index contributed by atoms with van der Waals surface area (Å²) in [4.78, 5) is 21.1. The van der Waals surface area contributed by atoms with Crippen molar-refractivity contribution in [2.45, 2.75) is 38.6 Å². The van der Waals surface area contributed by atoms with Crippen LogP contribution in [0.15, 0.2) is 12.7 Å². The maximum atomic E-state index is 4.48. The van der Waals surface area contributed by atoms with E-state index in [2.05, 4.69) is 36.7 Å². The smallest absolute Gasteiger partial charge is 0.182 e. The molecule has 4 rings (SSSR count). The highest BCUT2D eigenvalue weighted by Crippen LogP contribution is 2.28. The van der Waals surface area contributed by atoms with E-state index in [0.717, 1.165) is 55.1 Å². The van der Waals surface area contributed by atoms with Gasteiger partial charge in [-0.3, -0.25) is 4.90 Å². The van der Waals surface area contributed by atoms with Gasteiger partial charge < -0.3 is 9.88 Å². The third kappa shape index (κ3) is 2.56. The second-order valence-corrected chi connectivity index (χ2v) is 6.74. The Morgan fingerprint density at radius 3 is 2.55 bits per heavy atom. The van der Waals surface area contributed by atoms with Gasteiger partial charge in [-0.2, -0.15) is 0 Å². The van der Waals surface area contributed by atoms with Gasteiger partial charge in [0.05, 0.1) is 6.33 Å². The van der Waals surface area contributed by atoms with Crippen LogP contribution in [-0.2, 0) is 0 Å². The van der Waals surface area contributed by atoms with Crippen LogP contribution >= 0.6 is 0 Å². The molecule has 1 saturated carbocycles. The highest BCUT2D eigenvalue weighted by Gasteiger charge is 2.28. The quantitative estimate of drug-likeness (QED) is 0.920. The number of anilines is 1. The standard InChI is InChI=1S/C16H24N6/c1-12-2-4-13(5-3-12)21-6-8-22(9-7-21)16-14-15(18-10-17-14)19-11-20-16/h10-13H,2-9H2,1H3,(H,17,18,19,20). The first kappa shape index (κ1) is 13.9. The second-order valence-electron chi connectivity index (χ2n) is 6.74. The van der Waals surface area contributed by atoms with Crippen molar-refractivity contribution < 1.29 is 0 Å². The maximum Gasteiger partial charge on any atom is 0.182 e. The fourth-order valence-corrected chi connectivity index (χ4v) is 3.90. The van der Waals surface area contributed by atoms with Gasteiger partial charge in [-0.05, 0) is 31.6 Å². The first-order chi connectivity index (χ1) is 10.8. The summed E-state index contributed by atoms with van der Waals surface area (Å²) < 4.78 is 0. The summed E-state index contributed by atoms with van der Waals surface area (Å²) in [5.74, 6) is 1.92. The van der Waals surface area contributed by atoms with E-state index in [1.807, 2.05) is 0 Å². The lowest BCUT2D eigenvalue weighted by Crippen LogP contribution is -2.51. The molecule has 0 spiro atoms. The molecule has 1 saturated heterocycles. The van der Waals surface area contributed by atoms with E-state index in [4.69, 9.17) is 0 Å². The van der Waals surface area contributed by atoms with E-state index in [9.17, 15) is 0 Å². The number of fused-ring (bicyclic) bond motifs is 1. The van der Waals surface area contributed by atoms with Crippen LogP contribution in [0.4, 0.5) is 5.82 Å². The summed E-state index contributed by atoms with van der Waals surface area (Å²) in [6, 6.07) is 0.802. The molecule has 0 amide bonds. The minimum atomic E-state index is 0.758. The Bertz CT molecular complexity index is 622. The van der Waals surface area contributed by atoms with Crippen LogP contribution in [0, 0.1) is 5.92 Å². The van der Waals surface area contributed by atoms with Gasteiger partial charge in [-0.25, -0.2) is 15.0 Å². The van der Waals surface area contributed by atoms with Crippen molar-refractivity contribution in [3.8, 4) is 0 Å². The maximum absolute atomic E-state index is 4.48. The van der Waals surface area contributed by atoms with Crippen LogP contribution in [0.1, 0.15) is 32.6 Å². The first-order valence-corrected chi connectivity index (χ1v) is 8.44. The summed E-state index contributed by atoms with van der Waals surface area (Å²) in [7, 11) is 0. The number of hydrogen-bond acceptors (Lipinski definition) is 5. The topological polar surface area (TPSA) is 60.9 Å². The molecule has 2 aliphatic rings. The number of piperazine rings is 1. The van der Waals surface area contributed by atoms with Gasteiger partial charge in [-0.1, -0.05) is 6.92 Å². The summed E-state index contributed by atoms with van der Waals surface area (Å²) in [6.45, 7) is 6.74. The zero-order valence-corrected chi connectivity index (χ0v) is 13.2. The molecule has 1 aliphatic carbocycles. The molecule has 1 aliphatic heterocycles. The predicted octanol–water partition coefficient (Wildman–Crippen LogP) is 2.05. The highest BCUT2D eigenvalue weighted by atomic mass is 15.3. The Labute approximate surface area is 131 Å². The lowest BCUT2D eigenvalue weighted by molar-refractivity contribution is 0.132. The molecule has 118 valence electrons. The molecule has 0 bridgehead atoms. The predicted molar refractivity (Wildman–Crippen MR) is 86.9 cm³/mol. The minimum Gasteiger partial charge on any atom is -0.352 e. The lowest BCUT2D eigenvalue weighted by atomic mass is 9.86. The SMILES string of the molecule is CC1CCC(N2CCN(c3ncnc4nc[nH]c34)CC2)CC1. The molecule has 3 heterocycles. The van der Waals surface area contributed by atoms with E-state index in [1.165, 1.54) is 25.7 Å². The zero-order chi connectivity index (χ0) is 14.9. The molecule has 22 heavy (non-hydrogen) atoms. The van der Waals surface area contributed by atoms with Crippen LogP contribution in [-0.4, -0.2) is 57.1 Å². The molecule has 2 aromatic heterocycles. The van der Waals surface area contributed by atoms with Crippen molar-refractivity contribution in [3.05, 3.63) is 12.7 Å².